The molecule has 7 heteroatoms. The van der Waals surface area contributed by atoms with Crippen molar-refractivity contribution in [1.29, 1.82) is 0 Å². The first kappa shape index (κ1) is 25.7. The number of amides is 1. The number of benzene rings is 1. The van der Waals surface area contributed by atoms with Crippen molar-refractivity contribution in [3.63, 3.8) is 0 Å². The number of rotatable bonds is 12. The average Bonchev–Trinajstić information content (AvgIpc) is 3.50. The topological polar surface area (TPSA) is 104 Å². The zero-order chi connectivity index (χ0) is 23.0. The molecule has 1 atom stereocenters. The monoisotopic (exact) mass is 441 g/mol. The van der Waals surface area contributed by atoms with E-state index in [4.69, 9.17) is 5.73 Å². The first-order valence-electron chi connectivity index (χ1n) is 11.8. The van der Waals surface area contributed by atoms with Crippen LogP contribution in [0.1, 0.15) is 56.2 Å². The summed E-state index contributed by atoms with van der Waals surface area (Å²) in [6, 6.07) is 9.68. The summed E-state index contributed by atoms with van der Waals surface area (Å²) in [6.07, 6.45) is 10.0. The molecule has 2 aromatic rings. The van der Waals surface area contributed by atoms with E-state index in [0.717, 1.165) is 18.5 Å². The van der Waals surface area contributed by atoms with Crippen LogP contribution in [0.25, 0.3) is 0 Å². The normalized spacial score (nSPS) is 14.4. The number of carbonyl (C=O) groups is 2. The van der Waals surface area contributed by atoms with Crippen molar-refractivity contribution in [3.8, 4) is 0 Å². The third kappa shape index (κ3) is 11.2. The van der Waals surface area contributed by atoms with Gasteiger partial charge < -0.3 is 20.9 Å². The Morgan fingerprint density at radius 3 is 2.50 bits per heavy atom. The van der Waals surface area contributed by atoms with Gasteiger partial charge in [-0.25, -0.2) is 4.98 Å². The van der Waals surface area contributed by atoms with Crippen LogP contribution in [0.15, 0.2) is 42.9 Å². The first-order valence-corrected chi connectivity index (χ1v) is 11.8. The molecule has 3 rings (SSSR count). The van der Waals surface area contributed by atoms with Gasteiger partial charge in [0.05, 0.1) is 12.4 Å². The Balaban J connectivity index is 0.000000439. The molecule has 1 aliphatic heterocycles. The Hall–Kier alpha value is -2.51. The largest absolute Gasteiger partial charge is 0.356 e. The number of ketones is 1. The van der Waals surface area contributed by atoms with E-state index in [-0.39, 0.29) is 24.5 Å². The molecule has 4 N–H and O–H groups in total. The van der Waals surface area contributed by atoms with E-state index in [0.29, 0.717) is 13.0 Å². The van der Waals surface area contributed by atoms with Gasteiger partial charge in [0.1, 0.15) is 5.78 Å². The maximum absolute atomic E-state index is 12.0. The SMILES string of the molecule is Cc1ccccc1.NC(Cc1cnc[nH]1)C(=O)CCC(=O)NCCCCCN1CCCC1. The summed E-state index contributed by atoms with van der Waals surface area (Å²) < 4.78 is 0. The number of aromatic amines is 1. The standard InChI is InChI=1S/C18H31N5O2.C7H8/c19-16(12-15-13-20-14-22-15)17(24)6-7-18(25)21-8-2-1-3-9-23-10-4-5-11-23;1-7-5-3-2-4-6-7/h13-14,16H,1-12,19H2,(H,20,22)(H,21,25);2-6H,1H3. The van der Waals surface area contributed by atoms with E-state index in [1.807, 2.05) is 18.2 Å². The summed E-state index contributed by atoms with van der Waals surface area (Å²) in [5.74, 6) is -0.156. The lowest BCUT2D eigenvalue weighted by molar-refractivity contribution is -0.126. The Bertz CT molecular complexity index is 758. The van der Waals surface area contributed by atoms with Crippen LogP contribution in [0.2, 0.25) is 0 Å². The van der Waals surface area contributed by atoms with Gasteiger partial charge in [0.25, 0.3) is 0 Å². The molecule has 0 aliphatic carbocycles. The number of hydrogen-bond acceptors (Lipinski definition) is 5. The summed E-state index contributed by atoms with van der Waals surface area (Å²) in [6.45, 7) is 6.43. The number of nitrogens with zero attached hydrogens (tertiary/aromatic N) is 2. The van der Waals surface area contributed by atoms with Crippen molar-refractivity contribution in [1.82, 2.24) is 20.2 Å². The van der Waals surface area contributed by atoms with Crippen LogP contribution in [0.3, 0.4) is 0 Å². The molecule has 1 fully saturated rings. The smallest absolute Gasteiger partial charge is 0.220 e. The molecule has 0 saturated carbocycles. The lowest BCUT2D eigenvalue weighted by Crippen LogP contribution is -2.34. The maximum atomic E-state index is 12.0. The fraction of sp³-hybridized carbons (Fsp3) is 0.560. The van der Waals surface area contributed by atoms with Crippen molar-refractivity contribution in [2.24, 2.45) is 5.73 Å². The predicted octanol–water partition coefficient (Wildman–Crippen LogP) is 3.01. The Morgan fingerprint density at radius 1 is 1.12 bits per heavy atom. The Labute approximate surface area is 192 Å². The van der Waals surface area contributed by atoms with Gasteiger partial charge in [-0.1, -0.05) is 42.3 Å². The molecule has 0 bridgehead atoms. The van der Waals surface area contributed by atoms with Gasteiger partial charge in [0.15, 0.2) is 0 Å². The van der Waals surface area contributed by atoms with Gasteiger partial charge in [-0.05, 0) is 52.2 Å². The molecule has 0 spiro atoms. The van der Waals surface area contributed by atoms with Crippen LogP contribution in [0.4, 0.5) is 0 Å². The molecule has 1 aromatic carbocycles. The number of aryl methyl sites for hydroxylation is 1. The number of H-pyrrole nitrogens is 1. The number of likely N-dealkylation sites (tertiary alicyclic amines) is 1. The lowest BCUT2D eigenvalue weighted by Gasteiger charge is -2.13. The van der Waals surface area contributed by atoms with E-state index >= 15 is 0 Å². The molecule has 32 heavy (non-hydrogen) atoms. The van der Waals surface area contributed by atoms with Crippen molar-refractivity contribution in [2.45, 2.75) is 64.3 Å². The Morgan fingerprint density at radius 2 is 1.88 bits per heavy atom. The molecule has 2 heterocycles. The molecular formula is C25H39N5O2. The summed E-state index contributed by atoms with van der Waals surface area (Å²) in [5.41, 5.74) is 8.02. The van der Waals surface area contributed by atoms with Crippen molar-refractivity contribution in [2.75, 3.05) is 26.2 Å². The molecule has 1 aromatic heterocycles. The highest BCUT2D eigenvalue weighted by Gasteiger charge is 2.16. The highest BCUT2D eigenvalue weighted by Crippen LogP contribution is 2.08. The lowest BCUT2D eigenvalue weighted by atomic mass is 10.0. The zero-order valence-electron chi connectivity index (χ0n) is 19.4. The maximum Gasteiger partial charge on any atom is 0.220 e. The third-order valence-electron chi connectivity index (χ3n) is 5.62. The number of aromatic nitrogens is 2. The number of Topliss-reactive ketones (excluding diaryl/α,β-unsaturated/α-hetero) is 1. The minimum atomic E-state index is -0.584. The number of carbonyl (C=O) groups excluding carboxylic acids is 2. The minimum Gasteiger partial charge on any atom is -0.356 e. The average molecular weight is 442 g/mol. The minimum absolute atomic E-state index is 0.0679. The van der Waals surface area contributed by atoms with Crippen LogP contribution >= 0.6 is 0 Å². The summed E-state index contributed by atoms with van der Waals surface area (Å²) in [7, 11) is 0. The highest BCUT2D eigenvalue weighted by atomic mass is 16.2. The number of nitrogens with two attached hydrogens (primary N) is 1. The molecule has 7 nitrogen and oxygen atoms in total. The number of unbranched alkanes of at least 4 members (excludes halogenated alkanes) is 2. The molecule has 1 amide bonds. The van der Waals surface area contributed by atoms with Gasteiger partial charge in [0, 0.05) is 37.7 Å². The van der Waals surface area contributed by atoms with E-state index in [1.165, 1.54) is 44.5 Å². The van der Waals surface area contributed by atoms with Gasteiger partial charge >= 0.3 is 0 Å². The van der Waals surface area contributed by atoms with Crippen LogP contribution in [-0.4, -0.2) is 58.8 Å². The second-order valence-corrected chi connectivity index (χ2v) is 8.47. The first-order chi connectivity index (χ1) is 15.5. The van der Waals surface area contributed by atoms with Gasteiger partial charge in [-0.15, -0.1) is 0 Å². The van der Waals surface area contributed by atoms with E-state index < -0.39 is 6.04 Å². The number of imidazole rings is 1. The fourth-order valence-corrected chi connectivity index (χ4v) is 3.66. The highest BCUT2D eigenvalue weighted by molar-refractivity contribution is 5.88. The fourth-order valence-electron chi connectivity index (χ4n) is 3.66. The quantitative estimate of drug-likeness (QED) is 0.439. The summed E-state index contributed by atoms with van der Waals surface area (Å²) >= 11 is 0. The zero-order valence-corrected chi connectivity index (χ0v) is 19.4. The van der Waals surface area contributed by atoms with Crippen LogP contribution in [-0.2, 0) is 16.0 Å². The Kier molecular flexibility index (Phi) is 12.3. The van der Waals surface area contributed by atoms with E-state index in [9.17, 15) is 9.59 Å². The second kappa shape index (κ2) is 15.3. The number of nitrogens with one attached hydrogen (secondary N) is 2. The van der Waals surface area contributed by atoms with Crippen LogP contribution < -0.4 is 11.1 Å². The molecular weight excluding hydrogens is 402 g/mol. The van der Waals surface area contributed by atoms with E-state index in [2.05, 4.69) is 39.2 Å². The molecule has 0 radical (unpaired) electrons. The predicted molar refractivity (Wildman–Crippen MR) is 128 cm³/mol. The molecule has 1 saturated heterocycles. The van der Waals surface area contributed by atoms with Crippen LogP contribution in [0, 0.1) is 6.92 Å². The molecule has 1 unspecified atom stereocenters. The van der Waals surface area contributed by atoms with Crippen molar-refractivity contribution in [3.05, 3.63) is 54.1 Å². The van der Waals surface area contributed by atoms with E-state index in [1.54, 1.807) is 12.5 Å². The summed E-state index contributed by atoms with van der Waals surface area (Å²) in [4.78, 5) is 33.1. The van der Waals surface area contributed by atoms with Gasteiger partial charge in [0.2, 0.25) is 5.91 Å². The van der Waals surface area contributed by atoms with Crippen LogP contribution in [0.5, 0.6) is 0 Å². The van der Waals surface area contributed by atoms with Crippen molar-refractivity contribution >= 4 is 11.7 Å². The summed E-state index contributed by atoms with van der Waals surface area (Å²) in [5, 5.41) is 2.89. The van der Waals surface area contributed by atoms with Crippen molar-refractivity contribution < 1.29 is 9.59 Å². The molecule has 176 valence electrons. The third-order valence-corrected chi connectivity index (χ3v) is 5.62. The van der Waals surface area contributed by atoms with Gasteiger partial charge in [-0.2, -0.15) is 0 Å². The second-order valence-electron chi connectivity index (χ2n) is 8.47. The number of hydrogen-bond donors (Lipinski definition) is 3. The molecule has 1 aliphatic rings. The van der Waals surface area contributed by atoms with Gasteiger partial charge in [-0.3, -0.25) is 9.59 Å².